The number of halogens is 4. The van der Waals surface area contributed by atoms with E-state index in [0.29, 0.717) is 30.1 Å². The van der Waals surface area contributed by atoms with Crippen LogP contribution >= 0.6 is 11.6 Å². The molecular weight excluding hydrogens is 557 g/mol. The van der Waals surface area contributed by atoms with Crippen LogP contribution in [0.5, 0.6) is 0 Å². The lowest BCUT2D eigenvalue weighted by Gasteiger charge is -2.19. The molecule has 4 heterocycles. The van der Waals surface area contributed by atoms with Gasteiger partial charge in [-0.3, -0.25) is 9.48 Å². The van der Waals surface area contributed by atoms with E-state index in [1.54, 1.807) is 42.5 Å². The highest BCUT2D eigenvalue weighted by molar-refractivity contribution is 6.31. The van der Waals surface area contributed by atoms with Gasteiger partial charge in [0.1, 0.15) is 17.3 Å². The number of aromatic nitrogens is 5. The average Bonchev–Trinajstić information content (AvgIpc) is 3.58. The summed E-state index contributed by atoms with van der Waals surface area (Å²) in [7, 11) is 1.81. The molecule has 9 nitrogen and oxygen atoms in total. The average molecular weight is 579 g/mol. The lowest BCUT2D eigenvalue weighted by molar-refractivity contribution is -0.137. The first-order chi connectivity index (χ1) is 19.6. The molecule has 0 spiro atoms. The largest absolute Gasteiger partial charge is 0.417 e. The molecule has 1 aromatic heterocycles. The van der Waals surface area contributed by atoms with Crippen molar-refractivity contribution >= 4 is 34.7 Å². The molecule has 3 aliphatic rings. The van der Waals surface area contributed by atoms with Crippen LogP contribution in [0.25, 0.3) is 22.5 Å². The van der Waals surface area contributed by atoms with Crippen molar-refractivity contribution in [3.63, 3.8) is 0 Å². The molecule has 13 heteroatoms. The minimum absolute atomic E-state index is 0.155. The zero-order valence-electron chi connectivity index (χ0n) is 21.8. The Labute approximate surface area is 236 Å². The van der Waals surface area contributed by atoms with Crippen LogP contribution in [0.15, 0.2) is 66.0 Å². The van der Waals surface area contributed by atoms with E-state index in [2.05, 4.69) is 30.3 Å². The van der Waals surface area contributed by atoms with Gasteiger partial charge in [-0.2, -0.15) is 23.3 Å². The van der Waals surface area contributed by atoms with Gasteiger partial charge in [0.05, 0.1) is 23.0 Å². The molecule has 1 amide bonds. The maximum absolute atomic E-state index is 13.3. The van der Waals surface area contributed by atoms with Gasteiger partial charge >= 0.3 is 6.18 Å². The Balaban J connectivity index is 1.37. The zero-order valence-corrected chi connectivity index (χ0v) is 22.5. The van der Waals surface area contributed by atoms with Gasteiger partial charge in [0, 0.05) is 48.7 Å². The first-order valence-corrected chi connectivity index (χ1v) is 12.9. The van der Waals surface area contributed by atoms with Crippen LogP contribution in [0.4, 0.5) is 30.4 Å². The van der Waals surface area contributed by atoms with Gasteiger partial charge in [0.2, 0.25) is 0 Å². The number of benzene rings is 2. The summed E-state index contributed by atoms with van der Waals surface area (Å²) in [6.07, 6.45) is 0.439. The van der Waals surface area contributed by atoms with Crippen molar-refractivity contribution in [1.82, 2.24) is 24.3 Å². The molecule has 0 bridgehead atoms. The van der Waals surface area contributed by atoms with Crippen molar-refractivity contribution in [3.8, 4) is 22.5 Å². The summed E-state index contributed by atoms with van der Waals surface area (Å²) in [5.41, 5.74) is 3.61. The van der Waals surface area contributed by atoms with Crippen molar-refractivity contribution < 1.29 is 18.0 Å². The maximum Gasteiger partial charge on any atom is 0.417 e. The number of amides is 1. The van der Waals surface area contributed by atoms with Gasteiger partial charge in [0.25, 0.3) is 11.5 Å². The molecule has 0 atom stereocenters. The van der Waals surface area contributed by atoms with Crippen molar-refractivity contribution in [2.24, 2.45) is 12.0 Å². The Hall–Kier alpha value is -4.71. The van der Waals surface area contributed by atoms with Crippen molar-refractivity contribution in [2.75, 3.05) is 17.2 Å². The predicted molar refractivity (Wildman–Crippen MR) is 148 cm³/mol. The summed E-state index contributed by atoms with van der Waals surface area (Å²) in [5, 5.41) is 9.79. The molecule has 0 fully saturated rings. The molecule has 2 aromatic carbocycles. The fourth-order valence-electron chi connectivity index (χ4n) is 4.78. The monoisotopic (exact) mass is 578 g/mol. The molecule has 2 N–H and O–H groups in total. The first-order valence-electron chi connectivity index (χ1n) is 12.5. The lowest BCUT2D eigenvalue weighted by Crippen LogP contribution is -2.17. The first kappa shape index (κ1) is 26.5. The van der Waals surface area contributed by atoms with E-state index in [0.717, 1.165) is 46.0 Å². The summed E-state index contributed by atoms with van der Waals surface area (Å²) in [6, 6.07) is 10.4. The fraction of sp³-hybridized carbons (Fsp3) is 0.179. The molecule has 0 radical (unpaired) electrons. The highest BCUT2D eigenvalue weighted by atomic mass is 35.5. The second kappa shape index (κ2) is 10.0. The zero-order chi connectivity index (χ0) is 28.9. The maximum atomic E-state index is 13.3. The third kappa shape index (κ3) is 5.13. The third-order valence-electron chi connectivity index (χ3n) is 6.73. The SMILES string of the molecule is Cc1ccc(NC(=O)c2ccc(Cl)c(C(F)(F)F)c2)cc1-c1cc2cnc(=Nc3cnn(C)c3)nc-2n2c1NCC2. The minimum atomic E-state index is -4.68. The van der Waals surface area contributed by atoms with Gasteiger partial charge in [-0.25, -0.2) is 9.98 Å². The lowest BCUT2D eigenvalue weighted by atomic mass is 9.98. The number of nitrogens with zero attached hydrogens (tertiary/aromatic N) is 6. The Morgan fingerprint density at radius 3 is 2.71 bits per heavy atom. The molecule has 3 aliphatic heterocycles. The van der Waals surface area contributed by atoms with E-state index in [4.69, 9.17) is 16.6 Å². The smallest absolute Gasteiger partial charge is 0.369 e. The summed E-state index contributed by atoms with van der Waals surface area (Å²) < 4.78 is 43.6. The van der Waals surface area contributed by atoms with E-state index >= 15 is 0 Å². The number of alkyl halides is 3. The van der Waals surface area contributed by atoms with E-state index in [9.17, 15) is 18.0 Å². The van der Waals surface area contributed by atoms with Gasteiger partial charge in [-0.05, 0) is 54.4 Å². The number of carbonyl (C=O) groups excluding carboxylic acids is 1. The van der Waals surface area contributed by atoms with E-state index in [1.165, 1.54) is 6.07 Å². The number of carbonyl (C=O) groups is 1. The number of rotatable bonds is 4. The molecule has 0 saturated heterocycles. The minimum Gasteiger partial charge on any atom is -0.369 e. The molecular formula is C28H22ClF3N8O. The summed E-state index contributed by atoms with van der Waals surface area (Å²) in [4.78, 5) is 26.5. The molecule has 3 aromatic rings. The van der Waals surface area contributed by atoms with Gasteiger partial charge < -0.3 is 15.2 Å². The van der Waals surface area contributed by atoms with E-state index in [-0.39, 0.29) is 5.56 Å². The number of aryl methyl sites for hydroxylation is 2. The number of anilines is 2. The quantitative estimate of drug-likeness (QED) is 0.286. The van der Waals surface area contributed by atoms with Crippen molar-refractivity contribution in [3.05, 3.63) is 88.4 Å². The Morgan fingerprint density at radius 2 is 1.95 bits per heavy atom. The number of fused-ring (bicyclic) bond motifs is 3. The Kier molecular flexibility index (Phi) is 6.49. The van der Waals surface area contributed by atoms with Crippen LogP contribution in [-0.2, 0) is 19.8 Å². The number of pyridine rings is 1. The number of nitrogens with one attached hydrogen (secondary N) is 2. The summed E-state index contributed by atoms with van der Waals surface area (Å²) >= 11 is 5.71. The van der Waals surface area contributed by atoms with Crippen molar-refractivity contribution in [1.29, 1.82) is 0 Å². The highest BCUT2D eigenvalue weighted by Crippen LogP contribution is 2.39. The molecule has 0 unspecified atom stereocenters. The standard InChI is InChI=1S/C28H22ClF3N8O/c1-15-3-5-18(36-26(41)16-4-6-23(29)22(10-16)28(30,31)32)11-20(15)21-9-17-12-34-27(37-19-13-35-39(2)14-19)38-24(17)40-8-7-33-25(21)40/h3-6,9-14,33H,7-8H2,1-2H3,(H,36,41). The molecule has 0 aliphatic carbocycles. The third-order valence-corrected chi connectivity index (χ3v) is 7.06. The van der Waals surface area contributed by atoms with Gasteiger partial charge in [-0.1, -0.05) is 17.7 Å². The van der Waals surface area contributed by atoms with Crippen molar-refractivity contribution in [2.45, 2.75) is 19.6 Å². The molecule has 208 valence electrons. The second-order valence-corrected chi connectivity index (χ2v) is 10.0. The van der Waals surface area contributed by atoms with Gasteiger partial charge in [-0.15, -0.1) is 0 Å². The van der Waals surface area contributed by atoms with Crippen LogP contribution in [0.3, 0.4) is 0 Å². The topological polar surface area (TPSA) is 102 Å². The van der Waals surface area contributed by atoms with Crippen LogP contribution in [0, 0.1) is 6.92 Å². The Morgan fingerprint density at radius 1 is 1.12 bits per heavy atom. The van der Waals surface area contributed by atoms with Crippen LogP contribution in [0.1, 0.15) is 21.5 Å². The molecule has 41 heavy (non-hydrogen) atoms. The van der Waals surface area contributed by atoms with E-state index in [1.807, 2.05) is 19.1 Å². The van der Waals surface area contributed by atoms with Gasteiger partial charge in [0.15, 0.2) is 0 Å². The number of hydrogen-bond donors (Lipinski definition) is 2. The fourth-order valence-corrected chi connectivity index (χ4v) is 5.00. The van der Waals surface area contributed by atoms with Crippen LogP contribution < -0.4 is 16.3 Å². The Bertz CT molecular complexity index is 1860. The van der Waals surface area contributed by atoms with Crippen LogP contribution in [-0.4, -0.2) is 36.8 Å². The van der Waals surface area contributed by atoms with E-state index < -0.39 is 22.7 Å². The molecule has 0 saturated carbocycles. The molecule has 6 rings (SSSR count). The second-order valence-electron chi connectivity index (χ2n) is 9.59. The highest BCUT2D eigenvalue weighted by Gasteiger charge is 2.34. The predicted octanol–water partition coefficient (Wildman–Crippen LogP) is 5.67. The normalized spacial score (nSPS) is 13.4. The summed E-state index contributed by atoms with van der Waals surface area (Å²) in [6.45, 7) is 3.31. The number of hydrogen-bond acceptors (Lipinski definition) is 6. The van der Waals surface area contributed by atoms with Crippen LogP contribution in [0.2, 0.25) is 5.02 Å². The summed E-state index contributed by atoms with van der Waals surface area (Å²) in [5.74, 6) is 0.885.